The van der Waals surface area contributed by atoms with Gasteiger partial charge in [0.2, 0.25) is 0 Å². The molecule has 1 saturated carbocycles. The third kappa shape index (κ3) is 4.50. The Balaban J connectivity index is 1.64. The molecule has 0 heterocycles. The van der Waals surface area contributed by atoms with Crippen molar-refractivity contribution in [3.05, 3.63) is 59.7 Å². The number of carbonyl (C=O) groups is 1. The Hall–Kier alpha value is -2.34. The highest BCUT2D eigenvalue weighted by molar-refractivity contribution is 7.92. The van der Waals surface area contributed by atoms with Gasteiger partial charge in [0.15, 0.2) is 9.84 Å². The molecule has 144 valence electrons. The van der Waals surface area contributed by atoms with Crippen LogP contribution in [0.3, 0.4) is 0 Å². The lowest BCUT2D eigenvalue weighted by Gasteiger charge is -2.19. The van der Waals surface area contributed by atoms with Gasteiger partial charge in [-0.3, -0.25) is 0 Å². The van der Waals surface area contributed by atoms with Crippen molar-refractivity contribution in [1.82, 2.24) is 4.90 Å². The van der Waals surface area contributed by atoms with E-state index in [0.29, 0.717) is 17.1 Å². The molecule has 2 aromatic rings. The highest BCUT2D eigenvalue weighted by atomic mass is 32.2. The Kier molecular flexibility index (Phi) is 5.85. The summed E-state index contributed by atoms with van der Waals surface area (Å²) in [4.78, 5) is 14.4. The molecular formula is C21H26N2O3S. The standard InChI is InChI=1S/C21H26N2O3S/c1-16-7-3-4-8-17(16)15-23(2)21(24)22-18-11-13-20(14-12-18)27(25,26)19-9-5-6-10-19/h3-4,7-8,11-14,19H,5-6,9-10,15H2,1-2H3,(H,22,24). The number of benzene rings is 2. The summed E-state index contributed by atoms with van der Waals surface area (Å²) < 4.78 is 25.2. The second-order valence-corrected chi connectivity index (χ2v) is 9.42. The second kappa shape index (κ2) is 8.13. The van der Waals surface area contributed by atoms with Gasteiger partial charge in [-0.05, 0) is 55.2 Å². The number of urea groups is 1. The van der Waals surface area contributed by atoms with Gasteiger partial charge in [0, 0.05) is 19.3 Å². The number of hydrogen-bond donors (Lipinski definition) is 1. The summed E-state index contributed by atoms with van der Waals surface area (Å²) in [6.45, 7) is 2.53. The van der Waals surface area contributed by atoms with E-state index in [1.807, 2.05) is 31.2 Å². The lowest BCUT2D eigenvalue weighted by molar-refractivity contribution is 0.220. The first-order valence-electron chi connectivity index (χ1n) is 9.28. The SMILES string of the molecule is Cc1ccccc1CN(C)C(=O)Nc1ccc(S(=O)(=O)C2CCCC2)cc1. The fourth-order valence-electron chi connectivity index (χ4n) is 3.45. The Bertz CT molecular complexity index is 901. The minimum absolute atomic E-state index is 0.232. The van der Waals surface area contributed by atoms with Crippen LogP contribution in [0.25, 0.3) is 0 Å². The minimum atomic E-state index is -3.27. The van der Waals surface area contributed by atoms with E-state index in [-0.39, 0.29) is 11.3 Å². The fourth-order valence-corrected chi connectivity index (χ4v) is 5.31. The van der Waals surface area contributed by atoms with Crippen LogP contribution < -0.4 is 5.32 Å². The molecule has 1 aliphatic rings. The van der Waals surface area contributed by atoms with E-state index >= 15 is 0 Å². The smallest absolute Gasteiger partial charge is 0.321 e. The van der Waals surface area contributed by atoms with E-state index in [9.17, 15) is 13.2 Å². The molecule has 0 unspecified atom stereocenters. The molecule has 3 rings (SSSR count). The van der Waals surface area contributed by atoms with E-state index < -0.39 is 9.84 Å². The van der Waals surface area contributed by atoms with Gasteiger partial charge in [0.25, 0.3) is 0 Å². The van der Waals surface area contributed by atoms with Crippen molar-refractivity contribution in [2.45, 2.75) is 49.3 Å². The Morgan fingerprint density at radius 1 is 1.07 bits per heavy atom. The third-order valence-electron chi connectivity index (χ3n) is 5.19. The topological polar surface area (TPSA) is 66.5 Å². The van der Waals surface area contributed by atoms with Crippen LogP contribution in [-0.4, -0.2) is 31.6 Å². The van der Waals surface area contributed by atoms with Gasteiger partial charge in [0.1, 0.15) is 0 Å². The highest BCUT2D eigenvalue weighted by Gasteiger charge is 2.30. The first-order valence-corrected chi connectivity index (χ1v) is 10.8. The van der Waals surface area contributed by atoms with Crippen LogP contribution in [0.5, 0.6) is 0 Å². The summed E-state index contributed by atoms with van der Waals surface area (Å²) in [5.41, 5.74) is 2.81. The van der Waals surface area contributed by atoms with E-state index in [0.717, 1.165) is 36.8 Å². The van der Waals surface area contributed by atoms with E-state index in [2.05, 4.69) is 5.32 Å². The molecule has 0 bridgehead atoms. The number of hydrogen-bond acceptors (Lipinski definition) is 3. The maximum absolute atomic E-state index is 12.6. The number of anilines is 1. The van der Waals surface area contributed by atoms with Crippen LogP contribution in [0.1, 0.15) is 36.8 Å². The maximum Gasteiger partial charge on any atom is 0.321 e. The first-order chi connectivity index (χ1) is 12.9. The molecule has 2 amide bonds. The molecule has 1 N–H and O–H groups in total. The van der Waals surface area contributed by atoms with Crippen molar-refractivity contribution < 1.29 is 13.2 Å². The van der Waals surface area contributed by atoms with Crippen LogP contribution in [0.15, 0.2) is 53.4 Å². The van der Waals surface area contributed by atoms with Crippen LogP contribution in [0.2, 0.25) is 0 Å². The lowest BCUT2D eigenvalue weighted by atomic mass is 10.1. The van der Waals surface area contributed by atoms with E-state index in [1.165, 1.54) is 0 Å². The average molecular weight is 387 g/mol. The summed E-state index contributed by atoms with van der Waals surface area (Å²) in [7, 11) is -1.53. The van der Waals surface area contributed by atoms with Crippen LogP contribution in [0.4, 0.5) is 10.5 Å². The summed E-state index contributed by atoms with van der Waals surface area (Å²) in [5, 5.41) is 2.56. The normalized spacial score (nSPS) is 14.9. The largest absolute Gasteiger partial charge is 0.323 e. The zero-order valence-corrected chi connectivity index (χ0v) is 16.6. The van der Waals surface area contributed by atoms with Crippen molar-refractivity contribution in [1.29, 1.82) is 0 Å². The zero-order chi connectivity index (χ0) is 19.4. The van der Waals surface area contributed by atoms with Gasteiger partial charge >= 0.3 is 6.03 Å². The molecule has 6 heteroatoms. The summed E-state index contributed by atoms with van der Waals surface area (Å²) in [5.74, 6) is 0. The molecular weight excluding hydrogens is 360 g/mol. The monoisotopic (exact) mass is 386 g/mol. The number of nitrogens with one attached hydrogen (secondary N) is 1. The fraction of sp³-hybridized carbons (Fsp3) is 0.381. The number of nitrogens with zero attached hydrogens (tertiary/aromatic N) is 1. The molecule has 0 aliphatic heterocycles. The van der Waals surface area contributed by atoms with Crippen molar-refractivity contribution in [3.63, 3.8) is 0 Å². The Morgan fingerprint density at radius 2 is 1.70 bits per heavy atom. The quantitative estimate of drug-likeness (QED) is 0.829. The van der Waals surface area contributed by atoms with Crippen LogP contribution >= 0.6 is 0 Å². The lowest BCUT2D eigenvalue weighted by Crippen LogP contribution is -2.31. The number of sulfone groups is 1. The van der Waals surface area contributed by atoms with Crippen LogP contribution in [-0.2, 0) is 16.4 Å². The van der Waals surface area contributed by atoms with Gasteiger partial charge in [-0.15, -0.1) is 0 Å². The maximum atomic E-state index is 12.6. The molecule has 0 atom stereocenters. The van der Waals surface area contributed by atoms with Gasteiger partial charge in [-0.2, -0.15) is 0 Å². The molecule has 1 aliphatic carbocycles. The average Bonchev–Trinajstić information content (AvgIpc) is 3.19. The van der Waals surface area contributed by atoms with Crippen molar-refractivity contribution in [2.75, 3.05) is 12.4 Å². The minimum Gasteiger partial charge on any atom is -0.323 e. The molecule has 0 saturated heterocycles. The van der Waals surface area contributed by atoms with Crippen LogP contribution in [0, 0.1) is 6.92 Å². The van der Waals surface area contributed by atoms with E-state index in [4.69, 9.17) is 0 Å². The first kappa shape index (κ1) is 19.4. The zero-order valence-electron chi connectivity index (χ0n) is 15.8. The second-order valence-electron chi connectivity index (χ2n) is 7.19. The highest BCUT2D eigenvalue weighted by Crippen LogP contribution is 2.30. The number of carbonyl (C=O) groups excluding carboxylic acids is 1. The van der Waals surface area contributed by atoms with Gasteiger partial charge < -0.3 is 10.2 Å². The van der Waals surface area contributed by atoms with Crippen molar-refractivity contribution in [3.8, 4) is 0 Å². The van der Waals surface area contributed by atoms with E-state index in [1.54, 1.807) is 36.2 Å². The predicted octanol–water partition coefficient (Wildman–Crippen LogP) is 4.38. The molecule has 0 spiro atoms. The summed E-state index contributed by atoms with van der Waals surface area (Å²) in [6.07, 6.45) is 3.44. The number of amides is 2. The van der Waals surface area contributed by atoms with Gasteiger partial charge in [-0.25, -0.2) is 13.2 Å². The molecule has 0 aromatic heterocycles. The Morgan fingerprint density at radius 3 is 2.33 bits per heavy atom. The summed E-state index contributed by atoms with van der Waals surface area (Å²) >= 11 is 0. The molecule has 5 nitrogen and oxygen atoms in total. The number of rotatable bonds is 5. The summed E-state index contributed by atoms with van der Waals surface area (Å²) in [6, 6.07) is 14.2. The third-order valence-corrected chi connectivity index (χ3v) is 7.47. The van der Waals surface area contributed by atoms with Gasteiger partial charge in [-0.1, -0.05) is 37.1 Å². The Labute approximate surface area is 161 Å². The predicted molar refractivity (Wildman–Crippen MR) is 108 cm³/mol. The van der Waals surface area contributed by atoms with Crippen molar-refractivity contribution >= 4 is 21.6 Å². The van der Waals surface area contributed by atoms with Gasteiger partial charge in [0.05, 0.1) is 10.1 Å². The van der Waals surface area contributed by atoms with Crippen molar-refractivity contribution in [2.24, 2.45) is 0 Å². The molecule has 27 heavy (non-hydrogen) atoms. The number of aryl methyl sites for hydroxylation is 1. The molecule has 0 radical (unpaired) electrons. The molecule has 1 fully saturated rings. The molecule has 2 aromatic carbocycles.